The molecule has 25 heavy (non-hydrogen) atoms. The van der Waals surface area contributed by atoms with Crippen molar-refractivity contribution >= 4 is 28.6 Å². The molecule has 2 aromatic heterocycles. The fraction of sp³-hybridized carbons (Fsp3) is 0.300. The molecule has 1 saturated carbocycles. The van der Waals surface area contributed by atoms with E-state index in [1.807, 2.05) is 10.8 Å². The molecule has 0 aliphatic heterocycles. The molecule has 4 rings (SSSR count). The lowest BCUT2D eigenvalue weighted by Crippen LogP contribution is -2.31. The molecule has 3 nitrogen and oxygen atoms in total. The van der Waals surface area contributed by atoms with Crippen LogP contribution in [0.1, 0.15) is 35.7 Å². The maximum Gasteiger partial charge on any atom is 0.226 e. The number of aromatic nitrogens is 1. The summed E-state index contributed by atoms with van der Waals surface area (Å²) in [6.45, 7) is 2.09. The summed E-state index contributed by atoms with van der Waals surface area (Å²) in [5, 5.41) is 10.3. The number of nitrogens with one attached hydrogen (secondary N) is 1. The molecule has 1 aliphatic rings. The molecule has 2 heterocycles. The number of thiazole rings is 1. The van der Waals surface area contributed by atoms with E-state index in [4.69, 9.17) is 0 Å². The zero-order chi connectivity index (χ0) is 17.2. The Kier molecular flexibility index (Phi) is 4.68. The summed E-state index contributed by atoms with van der Waals surface area (Å²) in [6, 6.07) is 10.7. The van der Waals surface area contributed by atoms with E-state index in [2.05, 4.69) is 52.9 Å². The number of thiophene rings is 1. The molecule has 128 valence electrons. The van der Waals surface area contributed by atoms with Crippen LogP contribution in [0.25, 0.3) is 10.6 Å². The molecule has 0 radical (unpaired) electrons. The van der Waals surface area contributed by atoms with Gasteiger partial charge in [0.1, 0.15) is 5.01 Å². The largest absolute Gasteiger partial charge is 0.349 e. The first-order chi connectivity index (χ1) is 12.2. The maximum atomic E-state index is 12.5. The fourth-order valence-corrected chi connectivity index (χ4v) is 4.50. The summed E-state index contributed by atoms with van der Waals surface area (Å²) in [7, 11) is 0. The predicted molar refractivity (Wildman–Crippen MR) is 104 cm³/mol. The lowest BCUT2D eigenvalue weighted by Gasteiger charge is -2.19. The molecule has 0 spiro atoms. The first-order valence-electron chi connectivity index (χ1n) is 8.52. The number of rotatable bonds is 6. The molecule has 1 aromatic carbocycles. The number of aryl methyl sites for hydroxylation is 1. The van der Waals surface area contributed by atoms with Crippen LogP contribution in [0, 0.1) is 12.8 Å². The van der Waals surface area contributed by atoms with Gasteiger partial charge in [-0.25, -0.2) is 4.98 Å². The van der Waals surface area contributed by atoms with E-state index < -0.39 is 0 Å². The zero-order valence-corrected chi connectivity index (χ0v) is 15.7. The maximum absolute atomic E-state index is 12.5. The molecule has 0 bridgehead atoms. The second-order valence-electron chi connectivity index (χ2n) is 6.63. The van der Waals surface area contributed by atoms with E-state index in [9.17, 15) is 4.79 Å². The van der Waals surface area contributed by atoms with Crippen molar-refractivity contribution in [1.29, 1.82) is 0 Å². The SMILES string of the molecule is Cc1ccc(C(NC(=O)Cc2csc(-c3ccsc3)n2)C2CC2)cc1. The van der Waals surface area contributed by atoms with Crippen molar-refractivity contribution in [2.75, 3.05) is 0 Å². The molecule has 1 amide bonds. The van der Waals surface area contributed by atoms with Crippen LogP contribution >= 0.6 is 22.7 Å². The van der Waals surface area contributed by atoms with Crippen LogP contribution in [0.4, 0.5) is 0 Å². The lowest BCUT2D eigenvalue weighted by atomic mass is 10.0. The first-order valence-corrected chi connectivity index (χ1v) is 10.3. The van der Waals surface area contributed by atoms with Crippen LogP contribution in [-0.2, 0) is 11.2 Å². The Hall–Kier alpha value is -1.98. The molecule has 1 N–H and O–H groups in total. The summed E-state index contributed by atoms with van der Waals surface area (Å²) >= 11 is 3.26. The quantitative estimate of drug-likeness (QED) is 0.666. The Bertz CT molecular complexity index is 848. The Balaban J connectivity index is 1.43. The zero-order valence-electron chi connectivity index (χ0n) is 14.1. The highest BCUT2D eigenvalue weighted by Crippen LogP contribution is 2.41. The van der Waals surface area contributed by atoms with Crippen LogP contribution in [-0.4, -0.2) is 10.9 Å². The van der Waals surface area contributed by atoms with Crippen LogP contribution < -0.4 is 5.32 Å². The third kappa shape index (κ3) is 3.99. The minimum Gasteiger partial charge on any atom is -0.349 e. The van der Waals surface area contributed by atoms with Gasteiger partial charge in [0.25, 0.3) is 0 Å². The molecular weight excluding hydrogens is 348 g/mol. The van der Waals surface area contributed by atoms with Crippen molar-refractivity contribution < 1.29 is 4.79 Å². The highest BCUT2D eigenvalue weighted by Gasteiger charge is 2.33. The molecule has 1 unspecified atom stereocenters. The summed E-state index contributed by atoms with van der Waals surface area (Å²) in [5.74, 6) is 0.628. The van der Waals surface area contributed by atoms with Gasteiger partial charge in [-0.05, 0) is 42.7 Å². The second kappa shape index (κ2) is 7.10. The van der Waals surface area contributed by atoms with E-state index in [1.165, 1.54) is 24.0 Å². The topological polar surface area (TPSA) is 42.0 Å². The number of nitrogens with zero attached hydrogens (tertiary/aromatic N) is 1. The van der Waals surface area contributed by atoms with Crippen molar-refractivity contribution in [1.82, 2.24) is 10.3 Å². The van der Waals surface area contributed by atoms with E-state index in [-0.39, 0.29) is 11.9 Å². The Morgan fingerprint density at radius 1 is 1.24 bits per heavy atom. The van der Waals surface area contributed by atoms with Gasteiger partial charge in [0, 0.05) is 16.3 Å². The Morgan fingerprint density at radius 3 is 2.72 bits per heavy atom. The van der Waals surface area contributed by atoms with Gasteiger partial charge >= 0.3 is 0 Å². The third-order valence-electron chi connectivity index (χ3n) is 4.51. The third-order valence-corrected chi connectivity index (χ3v) is 6.13. The van der Waals surface area contributed by atoms with E-state index >= 15 is 0 Å². The van der Waals surface area contributed by atoms with Crippen LogP contribution in [0.3, 0.4) is 0 Å². The predicted octanol–water partition coefficient (Wildman–Crippen LogP) is 4.99. The molecule has 1 atom stereocenters. The number of benzene rings is 1. The van der Waals surface area contributed by atoms with Crippen molar-refractivity contribution in [3.8, 4) is 10.6 Å². The van der Waals surface area contributed by atoms with Gasteiger partial charge in [-0.3, -0.25) is 4.79 Å². The van der Waals surface area contributed by atoms with Crippen LogP contribution in [0.15, 0.2) is 46.5 Å². The van der Waals surface area contributed by atoms with Gasteiger partial charge in [0.05, 0.1) is 18.2 Å². The van der Waals surface area contributed by atoms with Gasteiger partial charge in [0.2, 0.25) is 5.91 Å². The second-order valence-corrected chi connectivity index (χ2v) is 8.26. The minimum atomic E-state index is 0.0552. The first kappa shape index (κ1) is 16.5. The van der Waals surface area contributed by atoms with Gasteiger partial charge in [-0.15, -0.1) is 11.3 Å². The van der Waals surface area contributed by atoms with Crippen LogP contribution in [0.5, 0.6) is 0 Å². The molecule has 3 aromatic rings. The fourth-order valence-electron chi connectivity index (χ4n) is 2.97. The number of hydrogen-bond donors (Lipinski definition) is 1. The average Bonchev–Trinajstić information content (AvgIpc) is 3.09. The minimum absolute atomic E-state index is 0.0552. The summed E-state index contributed by atoms with van der Waals surface area (Å²) < 4.78 is 0. The summed E-state index contributed by atoms with van der Waals surface area (Å²) in [6.07, 6.45) is 2.73. The van der Waals surface area contributed by atoms with Crippen molar-refractivity contribution in [3.63, 3.8) is 0 Å². The highest BCUT2D eigenvalue weighted by molar-refractivity contribution is 7.14. The van der Waals surface area contributed by atoms with Crippen molar-refractivity contribution in [2.24, 2.45) is 5.92 Å². The summed E-state index contributed by atoms with van der Waals surface area (Å²) in [4.78, 5) is 17.2. The molecule has 1 aliphatic carbocycles. The van der Waals surface area contributed by atoms with Crippen molar-refractivity contribution in [2.45, 2.75) is 32.2 Å². The lowest BCUT2D eigenvalue weighted by molar-refractivity contribution is -0.121. The van der Waals surface area contributed by atoms with Gasteiger partial charge < -0.3 is 5.32 Å². The van der Waals surface area contributed by atoms with Gasteiger partial charge in [-0.1, -0.05) is 29.8 Å². The molecule has 1 fully saturated rings. The van der Waals surface area contributed by atoms with Crippen LogP contribution in [0.2, 0.25) is 0 Å². The standard InChI is InChI=1S/C20H20N2OS2/c1-13-2-4-14(5-3-13)19(15-6-7-15)22-18(23)10-17-12-25-20(21-17)16-8-9-24-11-16/h2-5,8-9,11-12,15,19H,6-7,10H2,1H3,(H,22,23). The Labute approximate surface area is 155 Å². The van der Waals surface area contributed by atoms with Gasteiger partial charge in [-0.2, -0.15) is 11.3 Å². The van der Waals surface area contributed by atoms with E-state index in [1.54, 1.807) is 22.7 Å². The summed E-state index contributed by atoms with van der Waals surface area (Å²) in [5.41, 5.74) is 4.44. The monoisotopic (exact) mass is 368 g/mol. The van der Waals surface area contributed by atoms with E-state index in [0.717, 1.165) is 16.3 Å². The van der Waals surface area contributed by atoms with Crippen molar-refractivity contribution in [3.05, 3.63) is 63.3 Å². The Morgan fingerprint density at radius 2 is 2.04 bits per heavy atom. The molecule has 0 saturated heterocycles. The average molecular weight is 369 g/mol. The molecule has 5 heteroatoms. The molecular formula is C20H20N2OS2. The van der Waals surface area contributed by atoms with Gasteiger partial charge in [0.15, 0.2) is 0 Å². The number of amides is 1. The smallest absolute Gasteiger partial charge is 0.226 e. The number of carbonyl (C=O) groups is 1. The van der Waals surface area contributed by atoms with E-state index in [0.29, 0.717) is 12.3 Å². The number of carbonyl (C=O) groups excluding carboxylic acids is 1. The number of hydrogen-bond acceptors (Lipinski definition) is 4. The highest BCUT2D eigenvalue weighted by atomic mass is 32.1. The normalized spacial score (nSPS) is 15.1.